The number of carbonyl (C=O) groups excluding carboxylic acids is 3. The maximum Gasteiger partial charge on any atom is 3.00 e. The van der Waals surface area contributed by atoms with Gasteiger partial charge < -0.3 is 106 Å². The molecule has 0 spiro atoms. The van der Waals surface area contributed by atoms with Gasteiger partial charge in [-0.25, -0.2) is 0 Å². The van der Waals surface area contributed by atoms with Crippen molar-refractivity contribution in [2.24, 2.45) is 0 Å². The predicted octanol–water partition coefficient (Wildman–Crippen LogP) is -14.5. The molecule has 0 aliphatic carbocycles. The topological polar surface area (TPSA) is 424 Å². The zero-order chi connectivity index (χ0) is 31.8. The van der Waals surface area contributed by atoms with Crippen molar-refractivity contribution in [1.82, 2.24) is 0 Å². The SMILES string of the molecule is O=C([O-])[C@H](O)[C@@H](O)[C@H](O)[C@H](O)CO.O=C([O-])[C@H](O)[C@@H](O)[C@H](O)[C@H](O)CO.O=C([O-])[C@H](O)[C@@H](O)[C@H](O)[C@H](O)CO.[La+3]. The molecule has 0 aromatic carbocycles. The molecule has 15 N–H and O–H groups in total. The van der Waals surface area contributed by atoms with Crippen LogP contribution in [0.4, 0.5) is 0 Å². The maximum atomic E-state index is 9.98. The Morgan fingerprint density at radius 3 is 0.650 bits per heavy atom. The van der Waals surface area contributed by atoms with Gasteiger partial charge in [-0.2, -0.15) is 0 Å². The number of aliphatic hydroxyl groups is 15. The Bertz CT molecular complexity index is 608. The Hall–Kier alpha value is -0.995. The van der Waals surface area contributed by atoms with Crippen LogP contribution in [0, 0.1) is 35.6 Å². The van der Waals surface area contributed by atoms with E-state index in [1.54, 1.807) is 0 Å². The summed E-state index contributed by atoms with van der Waals surface area (Å²) in [4.78, 5) is 29.9. The zero-order valence-corrected chi connectivity index (χ0v) is 23.9. The minimum atomic E-state index is -2.31. The number of carboxylic acids is 3. The van der Waals surface area contributed by atoms with Crippen LogP contribution in [0.3, 0.4) is 0 Å². The molecule has 0 amide bonds. The first-order valence-corrected chi connectivity index (χ1v) is 10.4. The molecular weight excluding hydrogens is 691 g/mol. The molecule has 0 fully saturated rings. The van der Waals surface area contributed by atoms with Crippen LogP contribution in [0.2, 0.25) is 0 Å². The Balaban J connectivity index is -0.000000240. The van der Waals surface area contributed by atoms with Crippen LogP contribution in [0.25, 0.3) is 0 Å². The molecule has 0 rings (SSSR count). The average Bonchev–Trinajstić information content (AvgIpc) is 2.92. The zero-order valence-electron chi connectivity index (χ0n) is 20.3. The van der Waals surface area contributed by atoms with Crippen LogP contribution in [-0.4, -0.2) is 188 Å². The van der Waals surface area contributed by atoms with Gasteiger partial charge in [0, 0.05) is 0 Å². The van der Waals surface area contributed by atoms with Gasteiger partial charge in [0.1, 0.15) is 73.2 Å². The molecule has 21 nitrogen and oxygen atoms in total. The third-order valence-electron chi connectivity index (χ3n) is 4.49. The second-order valence-electron chi connectivity index (χ2n) is 7.48. The van der Waals surface area contributed by atoms with Crippen molar-refractivity contribution in [3.63, 3.8) is 0 Å². The summed E-state index contributed by atoms with van der Waals surface area (Å²) in [6.45, 7) is -2.59. The molecule has 234 valence electrons. The molecular formula is C18H33LaO21. The van der Waals surface area contributed by atoms with Gasteiger partial charge in [0.25, 0.3) is 0 Å². The normalized spacial score (nSPS) is 19.9. The predicted molar refractivity (Wildman–Crippen MR) is 108 cm³/mol. The van der Waals surface area contributed by atoms with E-state index in [0.29, 0.717) is 0 Å². The molecule has 0 aromatic heterocycles. The molecule has 0 saturated carbocycles. The van der Waals surface area contributed by atoms with Crippen LogP contribution >= 0.6 is 0 Å². The molecule has 12 atom stereocenters. The van der Waals surface area contributed by atoms with Crippen molar-refractivity contribution in [2.75, 3.05) is 19.8 Å². The van der Waals surface area contributed by atoms with Crippen LogP contribution in [0.1, 0.15) is 0 Å². The minimum absolute atomic E-state index is 0. The second-order valence-corrected chi connectivity index (χ2v) is 7.48. The van der Waals surface area contributed by atoms with E-state index in [-0.39, 0.29) is 35.6 Å². The summed E-state index contributed by atoms with van der Waals surface area (Å²) in [6, 6.07) is 0. The van der Waals surface area contributed by atoms with E-state index in [1.807, 2.05) is 0 Å². The Labute approximate surface area is 252 Å². The molecule has 0 aliphatic heterocycles. The van der Waals surface area contributed by atoms with E-state index < -0.39 is 111 Å². The molecule has 0 radical (unpaired) electrons. The van der Waals surface area contributed by atoms with Crippen molar-refractivity contribution < 1.29 is 142 Å². The third kappa shape index (κ3) is 17.1. The van der Waals surface area contributed by atoms with Crippen LogP contribution in [0.15, 0.2) is 0 Å². The molecule has 0 aromatic rings. The molecule has 22 heteroatoms. The summed E-state index contributed by atoms with van der Waals surface area (Å²) in [6.07, 6.45) is -24.2. The largest absolute Gasteiger partial charge is 3.00 e. The number of aliphatic carboxylic acids is 3. The Morgan fingerprint density at radius 1 is 0.400 bits per heavy atom. The number of rotatable bonds is 15. The van der Waals surface area contributed by atoms with Crippen molar-refractivity contribution in [1.29, 1.82) is 0 Å². The number of aliphatic hydroxyl groups excluding tert-OH is 15. The molecule has 0 heterocycles. The summed E-state index contributed by atoms with van der Waals surface area (Å²) in [5.74, 6) is -5.93. The van der Waals surface area contributed by atoms with Gasteiger partial charge in [-0.1, -0.05) is 0 Å². The summed E-state index contributed by atoms with van der Waals surface area (Å²) >= 11 is 0. The smallest absolute Gasteiger partial charge is 0.547 e. The molecule has 0 saturated heterocycles. The first-order valence-electron chi connectivity index (χ1n) is 10.4. The van der Waals surface area contributed by atoms with E-state index in [1.165, 1.54) is 0 Å². The van der Waals surface area contributed by atoms with E-state index in [2.05, 4.69) is 0 Å². The van der Waals surface area contributed by atoms with Crippen molar-refractivity contribution in [2.45, 2.75) is 73.2 Å². The summed E-state index contributed by atoms with van der Waals surface area (Å²) in [5.41, 5.74) is 0. The van der Waals surface area contributed by atoms with E-state index >= 15 is 0 Å². The van der Waals surface area contributed by atoms with E-state index in [4.69, 9.17) is 76.6 Å². The van der Waals surface area contributed by atoms with Crippen molar-refractivity contribution in [3.05, 3.63) is 0 Å². The van der Waals surface area contributed by atoms with Gasteiger partial charge in [0.15, 0.2) is 0 Å². The van der Waals surface area contributed by atoms with Gasteiger partial charge in [-0.05, 0) is 0 Å². The summed E-state index contributed by atoms with van der Waals surface area (Å²) in [5, 5.41) is 160. The van der Waals surface area contributed by atoms with Crippen molar-refractivity contribution in [3.8, 4) is 0 Å². The quantitative estimate of drug-likeness (QED) is 0.0745. The Kier molecular flexibility index (Phi) is 27.1. The fourth-order valence-corrected chi connectivity index (χ4v) is 1.99. The van der Waals surface area contributed by atoms with Crippen LogP contribution in [-0.2, 0) is 14.4 Å². The summed E-state index contributed by atoms with van der Waals surface area (Å²) < 4.78 is 0. The Morgan fingerprint density at radius 2 is 0.550 bits per heavy atom. The van der Waals surface area contributed by atoms with Crippen LogP contribution < -0.4 is 15.3 Å². The molecule has 0 bridgehead atoms. The molecule has 0 aliphatic rings. The minimum Gasteiger partial charge on any atom is -0.547 e. The monoisotopic (exact) mass is 724 g/mol. The molecule has 40 heavy (non-hydrogen) atoms. The third-order valence-corrected chi connectivity index (χ3v) is 4.49. The van der Waals surface area contributed by atoms with Gasteiger partial charge >= 0.3 is 35.6 Å². The fourth-order valence-electron chi connectivity index (χ4n) is 1.99. The number of carbonyl (C=O) groups is 3. The fraction of sp³-hybridized carbons (Fsp3) is 0.833. The number of carboxylic acid groups (broad SMARTS) is 3. The first-order chi connectivity index (χ1) is 17.7. The number of hydrogen-bond acceptors (Lipinski definition) is 21. The van der Waals surface area contributed by atoms with Gasteiger partial charge in [0.2, 0.25) is 0 Å². The summed E-state index contributed by atoms with van der Waals surface area (Å²) in [7, 11) is 0. The van der Waals surface area contributed by atoms with Crippen LogP contribution in [0.5, 0.6) is 0 Å². The molecule has 0 unspecified atom stereocenters. The van der Waals surface area contributed by atoms with Gasteiger partial charge in [-0.15, -0.1) is 0 Å². The maximum absolute atomic E-state index is 9.98. The van der Waals surface area contributed by atoms with Gasteiger partial charge in [-0.3, -0.25) is 0 Å². The van der Waals surface area contributed by atoms with E-state index in [9.17, 15) is 29.7 Å². The number of hydrogen-bond donors (Lipinski definition) is 15. The average molecular weight is 724 g/mol. The van der Waals surface area contributed by atoms with Crippen molar-refractivity contribution >= 4 is 17.9 Å². The second kappa shape index (κ2) is 23.6. The standard InChI is InChI=1S/3C6H12O7.La/c3*7-1-2(8)3(9)4(10)5(11)6(12)13;/h3*2-5,7-11H,1H2,(H,12,13);/q;;;+3/p-3/t3*2-,3-,4+,5-;/m111./s1. The van der Waals surface area contributed by atoms with E-state index in [0.717, 1.165) is 0 Å². The first kappa shape index (κ1) is 46.0. The van der Waals surface area contributed by atoms with Gasteiger partial charge in [0.05, 0.1) is 37.7 Å².